The van der Waals surface area contributed by atoms with E-state index in [-0.39, 0.29) is 5.60 Å². The molecule has 0 fully saturated rings. The molecule has 0 bridgehead atoms. The molecule has 2 aromatic rings. The second-order valence-corrected chi connectivity index (χ2v) is 5.14. The van der Waals surface area contributed by atoms with Crippen molar-refractivity contribution in [3.05, 3.63) is 35.4 Å². The van der Waals surface area contributed by atoms with Crippen molar-refractivity contribution in [3.63, 3.8) is 0 Å². The van der Waals surface area contributed by atoms with E-state index in [4.69, 9.17) is 16.3 Å². The Bertz CT molecular complexity index is 517. The summed E-state index contributed by atoms with van der Waals surface area (Å²) in [7, 11) is 0. The maximum Gasteiger partial charge on any atom is 0.214 e. The molecule has 0 saturated heterocycles. The third kappa shape index (κ3) is 2.64. The van der Waals surface area contributed by atoms with Gasteiger partial charge in [-0.05, 0) is 39.0 Å². The van der Waals surface area contributed by atoms with Crippen LogP contribution in [-0.4, -0.2) is 10.6 Å². The Morgan fingerprint density at radius 2 is 1.81 bits per heavy atom. The van der Waals surface area contributed by atoms with Crippen LogP contribution >= 0.6 is 11.6 Å². The van der Waals surface area contributed by atoms with Crippen LogP contribution < -0.4 is 4.74 Å². The van der Waals surface area contributed by atoms with Gasteiger partial charge in [0.15, 0.2) is 0 Å². The molecule has 1 aromatic heterocycles. The van der Waals surface area contributed by atoms with Gasteiger partial charge in [0.2, 0.25) is 5.88 Å². The molecule has 0 radical (unpaired) electrons. The van der Waals surface area contributed by atoms with Gasteiger partial charge in [0, 0.05) is 16.5 Å². The molecule has 84 valence electrons. The molecule has 0 N–H and O–H groups in total. The summed E-state index contributed by atoms with van der Waals surface area (Å²) >= 11 is 5.92. The number of halogens is 1. The Kier molecular flexibility index (Phi) is 2.76. The first-order valence-corrected chi connectivity index (χ1v) is 5.57. The number of benzene rings is 1. The highest BCUT2D eigenvalue weighted by atomic mass is 35.5. The molecule has 2 rings (SSSR count). The monoisotopic (exact) mass is 235 g/mol. The Morgan fingerprint density at radius 3 is 2.50 bits per heavy atom. The first kappa shape index (κ1) is 11.2. The number of aromatic nitrogens is 1. The average molecular weight is 236 g/mol. The van der Waals surface area contributed by atoms with E-state index in [0.717, 1.165) is 10.9 Å². The van der Waals surface area contributed by atoms with Gasteiger partial charge in [-0.15, -0.1) is 0 Å². The van der Waals surface area contributed by atoms with Crippen molar-refractivity contribution in [3.8, 4) is 5.88 Å². The van der Waals surface area contributed by atoms with Gasteiger partial charge in [-0.1, -0.05) is 17.7 Å². The minimum atomic E-state index is -0.237. The molecule has 0 aliphatic heterocycles. The molecule has 0 aliphatic carbocycles. The molecule has 0 saturated carbocycles. The smallest absolute Gasteiger partial charge is 0.214 e. The van der Waals surface area contributed by atoms with Gasteiger partial charge in [-0.25, -0.2) is 4.98 Å². The summed E-state index contributed by atoms with van der Waals surface area (Å²) < 4.78 is 5.70. The fraction of sp³-hybridized carbons (Fsp3) is 0.308. The van der Waals surface area contributed by atoms with Crippen molar-refractivity contribution in [2.45, 2.75) is 26.4 Å². The van der Waals surface area contributed by atoms with E-state index in [9.17, 15) is 0 Å². The molecule has 0 amide bonds. The van der Waals surface area contributed by atoms with Gasteiger partial charge in [-0.3, -0.25) is 0 Å². The molecule has 0 atom stereocenters. The number of fused-ring (bicyclic) bond motifs is 1. The molecule has 0 aliphatic rings. The van der Waals surface area contributed by atoms with Crippen LogP contribution in [0.1, 0.15) is 20.8 Å². The summed E-state index contributed by atoms with van der Waals surface area (Å²) in [4.78, 5) is 4.41. The number of hydrogen-bond donors (Lipinski definition) is 0. The summed E-state index contributed by atoms with van der Waals surface area (Å²) in [5, 5.41) is 1.75. The molecule has 0 unspecified atom stereocenters. The summed E-state index contributed by atoms with van der Waals surface area (Å²) in [5.74, 6) is 0.627. The summed E-state index contributed by atoms with van der Waals surface area (Å²) in [5.41, 5.74) is 0.619. The predicted octanol–water partition coefficient (Wildman–Crippen LogP) is 4.07. The molecular weight excluding hydrogens is 222 g/mol. The minimum absolute atomic E-state index is 0.237. The van der Waals surface area contributed by atoms with Crippen LogP contribution in [0.2, 0.25) is 5.02 Å². The van der Waals surface area contributed by atoms with E-state index in [1.165, 1.54) is 0 Å². The molecule has 1 heterocycles. The second kappa shape index (κ2) is 3.95. The van der Waals surface area contributed by atoms with E-state index in [2.05, 4.69) is 4.98 Å². The topological polar surface area (TPSA) is 22.1 Å². The molecule has 16 heavy (non-hydrogen) atoms. The zero-order valence-electron chi connectivity index (χ0n) is 9.62. The zero-order valence-corrected chi connectivity index (χ0v) is 10.4. The lowest BCUT2D eigenvalue weighted by molar-refractivity contribution is 0.124. The van der Waals surface area contributed by atoms with Crippen molar-refractivity contribution < 1.29 is 4.74 Å². The van der Waals surface area contributed by atoms with Crippen molar-refractivity contribution in [1.82, 2.24) is 4.98 Å². The van der Waals surface area contributed by atoms with Gasteiger partial charge < -0.3 is 4.74 Å². The Labute approximate surface area is 100 Å². The van der Waals surface area contributed by atoms with Crippen LogP contribution in [0.15, 0.2) is 30.3 Å². The maximum atomic E-state index is 5.92. The first-order valence-electron chi connectivity index (χ1n) is 5.19. The van der Waals surface area contributed by atoms with E-state index >= 15 is 0 Å². The maximum absolute atomic E-state index is 5.92. The second-order valence-electron chi connectivity index (χ2n) is 4.70. The van der Waals surface area contributed by atoms with Gasteiger partial charge in [-0.2, -0.15) is 0 Å². The lowest BCUT2D eigenvalue weighted by Gasteiger charge is -2.20. The minimum Gasteiger partial charge on any atom is -0.472 e. The highest BCUT2D eigenvalue weighted by Gasteiger charge is 2.12. The third-order valence-corrected chi connectivity index (χ3v) is 2.27. The summed E-state index contributed by atoms with van der Waals surface area (Å²) in [6, 6.07) is 9.51. The van der Waals surface area contributed by atoms with Gasteiger partial charge in [0.1, 0.15) is 5.60 Å². The van der Waals surface area contributed by atoms with Crippen LogP contribution in [-0.2, 0) is 0 Å². The SMILES string of the molecule is CC(C)(C)Oc1ccc2ccc(Cl)cc2n1. The standard InChI is InChI=1S/C13H14ClNO/c1-13(2,3)16-12-7-5-9-4-6-10(14)8-11(9)15-12/h4-8H,1-3H3. The predicted molar refractivity (Wildman–Crippen MR) is 67.1 cm³/mol. The van der Waals surface area contributed by atoms with Crippen molar-refractivity contribution in [1.29, 1.82) is 0 Å². The highest BCUT2D eigenvalue weighted by molar-refractivity contribution is 6.31. The Morgan fingerprint density at radius 1 is 1.12 bits per heavy atom. The fourth-order valence-electron chi connectivity index (χ4n) is 1.44. The van der Waals surface area contributed by atoms with Crippen molar-refractivity contribution >= 4 is 22.5 Å². The fourth-order valence-corrected chi connectivity index (χ4v) is 1.61. The first-order chi connectivity index (χ1) is 7.44. The normalized spacial score (nSPS) is 11.8. The number of hydrogen-bond acceptors (Lipinski definition) is 2. The number of rotatable bonds is 1. The Hall–Kier alpha value is -1.28. The number of pyridine rings is 1. The van der Waals surface area contributed by atoms with Crippen molar-refractivity contribution in [2.75, 3.05) is 0 Å². The zero-order chi connectivity index (χ0) is 11.8. The molecule has 2 nitrogen and oxygen atoms in total. The highest BCUT2D eigenvalue weighted by Crippen LogP contribution is 2.22. The number of ether oxygens (including phenoxy) is 1. The van der Waals surface area contributed by atoms with Crippen LogP contribution in [0.25, 0.3) is 10.9 Å². The van der Waals surface area contributed by atoms with Crippen LogP contribution in [0, 0.1) is 0 Å². The third-order valence-electron chi connectivity index (χ3n) is 2.04. The largest absolute Gasteiger partial charge is 0.472 e. The Balaban J connectivity index is 2.43. The van der Waals surface area contributed by atoms with E-state index in [1.807, 2.05) is 51.1 Å². The lowest BCUT2D eigenvalue weighted by atomic mass is 10.2. The van der Waals surface area contributed by atoms with Crippen LogP contribution in [0.3, 0.4) is 0 Å². The van der Waals surface area contributed by atoms with Crippen LogP contribution in [0.5, 0.6) is 5.88 Å². The molecule has 0 spiro atoms. The van der Waals surface area contributed by atoms with Gasteiger partial charge in [0.25, 0.3) is 0 Å². The van der Waals surface area contributed by atoms with Crippen molar-refractivity contribution in [2.24, 2.45) is 0 Å². The summed E-state index contributed by atoms with van der Waals surface area (Å²) in [6.07, 6.45) is 0. The lowest BCUT2D eigenvalue weighted by Crippen LogP contribution is -2.23. The molecule has 3 heteroatoms. The molecule has 1 aromatic carbocycles. The van der Waals surface area contributed by atoms with Gasteiger partial charge >= 0.3 is 0 Å². The number of nitrogens with zero attached hydrogens (tertiary/aromatic N) is 1. The average Bonchev–Trinajstić information content (AvgIpc) is 2.14. The quantitative estimate of drug-likeness (QED) is 0.744. The van der Waals surface area contributed by atoms with E-state index in [0.29, 0.717) is 10.9 Å². The molecular formula is C13H14ClNO. The summed E-state index contributed by atoms with van der Waals surface area (Å²) in [6.45, 7) is 5.99. The van der Waals surface area contributed by atoms with Gasteiger partial charge in [0.05, 0.1) is 5.52 Å². The van der Waals surface area contributed by atoms with E-state index < -0.39 is 0 Å². The van der Waals surface area contributed by atoms with Crippen LogP contribution in [0.4, 0.5) is 0 Å². The van der Waals surface area contributed by atoms with E-state index in [1.54, 1.807) is 0 Å².